The topological polar surface area (TPSA) is 62.6 Å². The Bertz CT molecular complexity index is 599. The van der Waals surface area contributed by atoms with Crippen molar-refractivity contribution < 1.29 is 14.5 Å². The number of benzene rings is 1. The summed E-state index contributed by atoms with van der Waals surface area (Å²) in [6, 6.07) is 5.77. The Hall–Kier alpha value is -1.88. The summed E-state index contributed by atoms with van der Waals surface area (Å²) in [7, 11) is 0. The van der Waals surface area contributed by atoms with E-state index in [0.29, 0.717) is 11.8 Å². The van der Waals surface area contributed by atoms with Crippen LogP contribution in [0.2, 0.25) is 0 Å². The summed E-state index contributed by atoms with van der Waals surface area (Å²) in [5, 5.41) is 5.70. The maximum atomic E-state index is 12.4. The first-order chi connectivity index (χ1) is 11.8. The van der Waals surface area contributed by atoms with Crippen molar-refractivity contribution in [1.82, 2.24) is 5.32 Å². The molecule has 3 N–H and O–H groups in total. The predicted octanol–water partition coefficient (Wildman–Crippen LogP) is 1.31. The third kappa shape index (κ3) is 5.30. The lowest BCUT2D eigenvalue weighted by molar-refractivity contribution is -0.925. The summed E-state index contributed by atoms with van der Waals surface area (Å²) in [6.07, 6.45) is 1.23. The van der Waals surface area contributed by atoms with Crippen LogP contribution in [0.25, 0.3) is 0 Å². The van der Waals surface area contributed by atoms with Crippen LogP contribution in [0.15, 0.2) is 18.2 Å². The zero-order valence-electron chi connectivity index (χ0n) is 16.1. The molecule has 1 aliphatic heterocycles. The van der Waals surface area contributed by atoms with Gasteiger partial charge in [-0.05, 0) is 38.3 Å². The van der Waals surface area contributed by atoms with Crippen LogP contribution in [0.4, 0.5) is 5.69 Å². The average Bonchev–Trinajstić information content (AvgIpc) is 2.54. The standard InChI is InChI=1S/C20H31N3O2/c1-13-9-14(2)12-23(11-13)17(5)20(25)21-10-18(24)22-19-15(3)7-6-8-16(19)4/h6-8,13-14,17H,9-12H2,1-5H3,(H,21,25)(H,22,24)/p+1/t13-,14-,17+/m0/s1. The van der Waals surface area contributed by atoms with Crippen molar-refractivity contribution in [2.45, 2.75) is 47.1 Å². The molecular weight excluding hydrogens is 314 g/mol. The van der Waals surface area contributed by atoms with Gasteiger partial charge in [0, 0.05) is 17.5 Å². The van der Waals surface area contributed by atoms with Crippen LogP contribution in [0.5, 0.6) is 0 Å². The monoisotopic (exact) mass is 346 g/mol. The minimum absolute atomic E-state index is 0.00926. The van der Waals surface area contributed by atoms with Crippen molar-refractivity contribution in [3.05, 3.63) is 29.3 Å². The van der Waals surface area contributed by atoms with Gasteiger partial charge in [-0.25, -0.2) is 0 Å². The van der Waals surface area contributed by atoms with Gasteiger partial charge >= 0.3 is 0 Å². The number of likely N-dealkylation sites (tertiary alicyclic amines) is 1. The van der Waals surface area contributed by atoms with Crippen molar-refractivity contribution in [3.8, 4) is 0 Å². The van der Waals surface area contributed by atoms with Gasteiger partial charge < -0.3 is 15.5 Å². The number of hydrogen-bond donors (Lipinski definition) is 3. The fraction of sp³-hybridized carbons (Fsp3) is 0.600. The summed E-state index contributed by atoms with van der Waals surface area (Å²) in [5.74, 6) is 1.05. The molecule has 2 amide bonds. The van der Waals surface area contributed by atoms with E-state index in [1.54, 1.807) is 0 Å². The van der Waals surface area contributed by atoms with E-state index in [1.165, 1.54) is 11.3 Å². The molecule has 2 rings (SSSR count). The van der Waals surface area contributed by atoms with E-state index in [9.17, 15) is 9.59 Å². The summed E-state index contributed by atoms with van der Waals surface area (Å²) in [5.41, 5.74) is 2.88. The lowest BCUT2D eigenvalue weighted by atomic mass is 9.91. The average molecular weight is 346 g/mol. The van der Waals surface area contributed by atoms with Gasteiger partial charge in [0.25, 0.3) is 5.91 Å². The fourth-order valence-corrected chi connectivity index (χ4v) is 3.89. The Morgan fingerprint density at radius 3 is 2.28 bits per heavy atom. The Morgan fingerprint density at radius 1 is 1.16 bits per heavy atom. The summed E-state index contributed by atoms with van der Waals surface area (Å²) in [4.78, 5) is 25.9. The second-order valence-corrected chi connectivity index (χ2v) is 7.77. The molecule has 5 heteroatoms. The van der Waals surface area contributed by atoms with Crippen molar-refractivity contribution >= 4 is 17.5 Å². The van der Waals surface area contributed by atoms with Gasteiger partial charge in [-0.3, -0.25) is 9.59 Å². The lowest BCUT2D eigenvalue weighted by Crippen LogP contribution is -3.18. The number of hydrogen-bond acceptors (Lipinski definition) is 2. The minimum Gasteiger partial charge on any atom is -0.342 e. The molecule has 0 unspecified atom stereocenters. The minimum atomic E-state index is -0.187. The third-order valence-electron chi connectivity index (χ3n) is 5.20. The molecule has 138 valence electrons. The fourth-order valence-electron chi connectivity index (χ4n) is 3.89. The maximum absolute atomic E-state index is 12.4. The molecule has 0 aromatic heterocycles. The molecule has 1 saturated heterocycles. The molecule has 25 heavy (non-hydrogen) atoms. The highest BCUT2D eigenvalue weighted by molar-refractivity contribution is 5.96. The molecule has 0 saturated carbocycles. The Labute approximate surface area is 151 Å². The van der Waals surface area contributed by atoms with E-state index in [4.69, 9.17) is 0 Å². The Morgan fingerprint density at radius 2 is 1.72 bits per heavy atom. The number of aryl methyl sites for hydroxylation is 2. The molecule has 0 radical (unpaired) electrons. The summed E-state index contributed by atoms with van der Waals surface area (Å²) < 4.78 is 0. The molecule has 5 nitrogen and oxygen atoms in total. The van der Waals surface area contributed by atoms with E-state index in [0.717, 1.165) is 29.9 Å². The smallest absolute Gasteiger partial charge is 0.278 e. The number of para-hydroxylation sites is 1. The van der Waals surface area contributed by atoms with Crippen molar-refractivity contribution in [2.75, 3.05) is 25.0 Å². The third-order valence-corrected chi connectivity index (χ3v) is 5.20. The van der Waals surface area contributed by atoms with Gasteiger partial charge in [0.15, 0.2) is 6.04 Å². The van der Waals surface area contributed by atoms with Gasteiger partial charge in [-0.15, -0.1) is 0 Å². The van der Waals surface area contributed by atoms with Crippen molar-refractivity contribution in [3.63, 3.8) is 0 Å². The van der Waals surface area contributed by atoms with E-state index >= 15 is 0 Å². The van der Waals surface area contributed by atoms with Crippen molar-refractivity contribution in [1.29, 1.82) is 0 Å². The molecule has 1 fully saturated rings. The molecular formula is C20H32N3O2+. The SMILES string of the molecule is Cc1cccc(C)c1NC(=O)CNC(=O)[C@@H](C)[NH+]1C[C@@H](C)C[C@H](C)C1. The second-order valence-electron chi connectivity index (χ2n) is 7.77. The first kappa shape index (κ1) is 19.4. The first-order valence-electron chi connectivity index (χ1n) is 9.26. The quantitative estimate of drug-likeness (QED) is 0.753. The van der Waals surface area contributed by atoms with Crippen LogP contribution in [0, 0.1) is 25.7 Å². The van der Waals surface area contributed by atoms with E-state index in [2.05, 4.69) is 24.5 Å². The van der Waals surface area contributed by atoms with Gasteiger partial charge in [0.05, 0.1) is 19.6 Å². The molecule has 1 heterocycles. The second kappa shape index (κ2) is 8.48. The predicted molar refractivity (Wildman–Crippen MR) is 101 cm³/mol. The number of piperidine rings is 1. The zero-order chi connectivity index (χ0) is 18.6. The normalized spacial score (nSPS) is 24.4. The molecule has 3 atom stereocenters. The number of nitrogens with one attached hydrogen (secondary N) is 3. The number of rotatable bonds is 5. The molecule has 1 aromatic rings. The molecule has 0 bridgehead atoms. The summed E-state index contributed by atoms with van der Waals surface area (Å²) >= 11 is 0. The Kier molecular flexibility index (Phi) is 6.59. The molecule has 1 aromatic carbocycles. The van der Waals surface area contributed by atoms with Crippen LogP contribution < -0.4 is 15.5 Å². The van der Waals surface area contributed by atoms with Gasteiger partial charge in [0.2, 0.25) is 5.91 Å². The highest BCUT2D eigenvalue weighted by Crippen LogP contribution is 2.19. The van der Waals surface area contributed by atoms with Gasteiger partial charge in [-0.1, -0.05) is 32.0 Å². The van der Waals surface area contributed by atoms with Crippen LogP contribution in [-0.4, -0.2) is 37.5 Å². The van der Waals surface area contributed by atoms with E-state index < -0.39 is 0 Å². The Balaban J connectivity index is 1.85. The van der Waals surface area contributed by atoms with Crippen LogP contribution >= 0.6 is 0 Å². The lowest BCUT2D eigenvalue weighted by Gasteiger charge is -2.35. The van der Waals surface area contributed by atoms with E-state index in [-0.39, 0.29) is 24.4 Å². The first-order valence-corrected chi connectivity index (χ1v) is 9.26. The van der Waals surface area contributed by atoms with Crippen molar-refractivity contribution in [2.24, 2.45) is 11.8 Å². The van der Waals surface area contributed by atoms with Gasteiger partial charge in [-0.2, -0.15) is 0 Å². The highest BCUT2D eigenvalue weighted by atomic mass is 16.2. The van der Waals surface area contributed by atoms with E-state index in [1.807, 2.05) is 39.0 Å². The zero-order valence-corrected chi connectivity index (χ0v) is 16.1. The maximum Gasteiger partial charge on any atom is 0.278 e. The number of amides is 2. The number of carbonyl (C=O) groups is 2. The number of anilines is 1. The highest BCUT2D eigenvalue weighted by Gasteiger charge is 2.32. The number of carbonyl (C=O) groups excluding carboxylic acids is 2. The molecule has 1 aliphatic rings. The molecule has 0 aliphatic carbocycles. The van der Waals surface area contributed by atoms with Gasteiger partial charge in [0.1, 0.15) is 0 Å². The molecule has 0 spiro atoms. The number of quaternary nitrogens is 1. The largest absolute Gasteiger partial charge is 0.342 e. The van der Waals surface area contributed by atoms with Crippen LogP contribution in [0.1, 0.15) is 38.3 Å². The van der Waals surface area contributed by atoms with Crippen LogP contribution in [-0.2, 0) is 9.59 Å². The summed E-state index contributed by atoms with van der Waals surface area (Å²) in [6.45, 7) is 12.4. The van der Waals surface area contributed by atoms with Crippen LogP contribution in [0.3, 0.4) is 0 Å².